The SMILES string of the molecule is CC(N)C1CCCN(Cc2ncc(Cl)s2)C1. The third-order valence-electron chi connectivity index (χ3n) is 3.17. The Morgan fingerprint density at radius 1 is 1.75 bits per heavy atom. The molecule has 2 heterocycles. The Bertz CT molecular complexity index is 340. The van der Waals surface area contributed by atoms with Gasteiger partial charge in [0.05, 0.1) is 12.7 Å². The van der Waals surface area contributed by atoms with Crippen LogP contribution in [0, 0.1) is 5.92 Å². The monoisotopic (exact) mass is 259 g/mol. The van der Waals surface area contributed by atoms with E-state index in [1.807, 2.05) is 0 Å². The molecule has 1 saturated heterocycles. The number of likely N-dealkylation sites (tertiary alicyclic amines) is 1. The second-order valence-electron chi connectivity index (χ2n) is 4.55. The lowest BCUT2D eigenvalue weighted by Gasteiger charge is -2.34. The molecule has 90 valence electrons. The number of piperidine rings is 1. The molecule has 1 fully saturated rings. The van der Waals surface area contributed by atoms with Gasteiger partial charge in [-0.15, -0.1) is 11.3 Å². The van der Waals surface area contributed by atoms with Crippen LogP contribution in [0.25, 0.3) is 0 Å². The van der Waals surface area contributed by atoms with Crippen LogP contribution in [0.1, 0.15) is 24.8 Å². The molecule has 0 aromatic carbocycles. The van der Waals surface area contributed by atoms with Crippen LogP contribution in [0.4, 0.5) is 0 Å². The first-order chi connectivity index (χ1) is 7.65. The highest BCUT2D eigenvalue weighted by molar-refractivity contribution is 7.15. The molecule has 5 heteroatoms. The Balaban J connectivity index is 1.90. The maximum absolute atomic E-state index is 5.97. The van der Waals surface area contributed by atoms with Gasteiger partial charge in [-0.1, -0.05) is 11.6 Å². The van der Waals surface area contributed by atoms with Crippen molar-refractivity contribution in [1.29, 1.82) is 0 Å². The summed E-state index contributed by atoms with van der Waals surface area (Å²) in [4.78, 5) is 6.73. The van der Waals surface area contributed by atoms with Gasteiger partial charge in [-0.3, -0.25) is 4.90 Å². The molecule has 2 rings (SSSR count). The van der Waals surface area contributed by atoms with Gasteiger partial charge in [0.1, 0.15) is 9.34 Å². The number of nitrogens with two attached hydrogens (primary N) is 1. The Morgan fingerprint density at radius 3 is 3.19 bits per heavy atom. The molecule has 2 unspecified atom stereocenters. The first-order valence-corrected chi connectivity index (χ1v) is 6.92. The summed E-state index contributed by atoms with van der Waals surface area (Å²) in [5.41, 5.74) is 5.97. The third kappa shape index (κ3) is 3.17. The highest BCUT2D eigenvalue weighted by atomic mass is 35.5. The van der Waals surface area contributed by atoms with Gasteiger partial charge in [0.2, 0.25) is 0 Å². The van der Waals surface area contributed by atoms with Crippen molar-refractivity contribution < 1.29 is 0 Å². The molecular formula is C11H18ClN3S. The second kappa shape index (κ2) is 5.45. The molecule has 0 amide bonds. The number of thiazole rings is 1. The van der Waals surface area contributed by atoms with E-state index >= 15 is 0 Å². The lowest BCUT2D eigenvalue weighted by Crippen LogP contribution is -2.41. The number of aromatic nitrogens is 1. The maximum atomic E-state index is 5.97. The van der Waals surface area contributed by atoms with E-state index in [1.165, 1.54) is 12.8 Å². The van der Waals surface area contributed by atoms with E-state index < -0.39 is 0 Å². The summed E-state index contributed by atoms with van der Waals surface area (Å²) in [5.74, 6) is 0.629. The molecule has 0 saturated carbocycles. The molecule has 16 heavy (non-hydrogen) atoms. The van der Waals surface area contributed by atoms with Gasteiger partial charge in [-0.05, 0) is 32.2 Å². The van der Waals surface area contributed by atoms with E-state index in [1.54, 1.807) is 17.5 Å². The predicted molar refractivity (Wildman–Crippen MR) is 68.8 cm³/mol. The van der Waals surface area contributed by atoms with E-state index in [0.717, 1.165) is 29.0 Å². The Kier molecular flexibility index (Phi) is 4.19. The molecule has 3 nitrogen and oxygen atoms in total. The van der Waals surface area contributed by atoms with Gasteiger partial charge in [-0.25, -0.2) is 4.98 Å². The van der Waals surface area contributed by atoms with Crippen LogP contribution in [0.5, 0.6) is 0 Å². The fourth-order valence-corrected chi connectivity index (χ4v) is 3.22. The van der Waals surface area contributed by atoms with E-state index in [0.29, 0.717) is 12.0 Å². The lowest BCUT2D eigenvalue weighted by molar-refractivity contribution is 0.154. The van der Waals surface area contributed by atoms with Crippen molar-refractivity contribution in [3.63, 3.8) is 0 Å². The number of halogens is 1. The number of hydrogen-bond donors (Lipinski definition) is 1. The van der Waals surface area contributed by atoms with Crippen LogP contribution >= 0.6 is 22.9 Å². The Morgan fingerprint density at radius 2 is 2.56 bits per heavy atom. The van der Waals surface area contributed by atoms with Gasteiger partial charge in [0.25, 0.3) is 0 Å². The average molecular weight is 260 g/mol. The molecule has 0 radical (unpaired) electrons. The van der Waals surface area contributed by atoms with Gasteiger partial charge < -0.3 is 5.73 Å². The van der Waals surface area contributed by atoms with Crippen LogP contribution in [-0.2, 0) is 6.54 Å². The maximum Gasteiger partial charge on any atom is 0.113 e. The van der Waals surface area contributed by atoms with Crippen molar-refractivity contribution in [1.82, 2.24) is 9.88 Å². The van der Waals surface area contributed by atoms with Gasteiger partial charge in [0, 0.05) is 12.6 Å². The smallest absolute Gasteiger partial charge is 0.113 e. The molecule has 0 aliphatic carbocycles. The highest BCUT2D eigenvalue weighted by Crippen LogP contribution is 2.23. The van der Waals surface area contributed by atoms with Crippen LogP contribution in [0.2, 0.25) is 4.34 Å². The number of rotatable bonds is 3. The van der Waals surface area contributed by atoms with E-state index in [9.17, 15) is 0 Å². The molecular weight excluding hydrogens is 242 g/mol. The summed E-state index contributed by atoms with van der Waals surface area (Å²) in [5, 5.41) is 1.11. The van der Waals surface area contributed by atoms with Crippen LogP contribution in [-0.4, -0.2) is 29.0 Å². The molecule has 2 N–H and O–H groups in total. The normalized spacial score (nSPS) is 24.6. The minimum Gasteiger partial charge on any atom is -0.328 e. The van der Waals surface area contributed by atoms with E-state index in [-0.39, 0.29) is 0 Å². The van der Waals surface area contributed by atoms with E-state index in [4.69, 9.17) is 17.3 Å². The second-order valence-corrected chi connectivity index (χ2v) is 6.30. The molecule has 1 aliphatic rings. The van der Waals surface area contributed by atoms with Gasteiger partial charge in [0.15, 0.2) is 0 Å². The molecule has 2 atom stereocenters. The predicted octanol–water partition coefficient (Wildman–Crippen LogP) is 2.36. The fourth-order valence-electron chi connectivity index (χ4n) is 2.22. The molecule has 1 aromatic heterocycles. The van der Waals surface area contributed by atoms with Crippen molar-refractivity contribution in [3.8, 4) is 0 Å². The van der Waals surface area contributed by atoms with Gasteiger partial charge in [-0.2, -0.15) is 0 Å². The summed E-state index contributed by atoms with van der Waals surface area (Å²) in [7, 11) is 0. The summed E-state index contributed by atoms with van der Waals surface area (Å²) in [6.07, 6.45) is 4.23. The topological polar surface area (TPSA) is 42.1 Å². The zero-order valence-electron chi connectivity index (χ0n) is 9.53. The third-order valence-corrected chi connectivity index (χ3v) is 4.27. The van der Waals surface area contributed by atoms with Gasteiger partial charge >= 0.3 is 0 Å². The lowest BCUT2D eigenvalue weighted by atomic mass is 9.92. The minimum absolute atomic E-state index is 0.294. The standard InChI is InChI=1S/C11H18ClN3S/c1-8(13)9-3-2-4-15(6-9)7-11-14-5-10(12)16-11/h5,8-9H,2-4,6-7,13H2,1H3. The summed E-state index contributed by atoms with van der Waals surface area (Å²) in [6, 6.07) is 0.294. The summed E-state index contributed by atoms with van der Waals surface area (Å²) in [6.45, 7) is 5.27. The van der Waals surface area contributed by atoms with Crippen LogP contribution in [0.3, 0.4) is 0 Å². The summed E-state index contributed by atoms with van der Waals surface area (Å²) < 4.78 is 0.774. The largest absolute Gasteiger partial charge is 0.328 e. The number of hydrogen-bond acceptors (Lipinski definition) is 4. The zero-order valence-corrected chi connectivity index (χ0v) is 11.1. The quantitative estimate of drug-likeness (QED) is 0.906. The molecule has 1 aromatic rings. The first-order valence-electron chi connectivity index (χ1n) is 5.73. The number of nitrogens with zero attached hydrogens (tertiary/aromatic N) is 2. The molecule has 0 spiro atoms. The Labute approximate surface area is 106 Å². The van der Waals surface area contributed by atoms with Crippen molar-refractivity contribution in [2.45, 2.75) is 32.4 Å². The molecule has 1 aliphatic heterocycles. The van der Waals surface area contributed by atoms with Crippen molar-refractivity contribution in [3.05, 3.63) is 15.5 Å². The average Bonchev–Trinajstić information content (AvgIpc) is 2.64. The van der Waals surface area contributed by atoms with Crippen LogP contribution < -0.4 is 5.73 Å². The van der Waals surface area contributed by atoms with Crippen LogP contribution in [0.15, 0.2) is 6.20 Å². The zero-order chi connectivity index (χ0) is 11.5. The summed E-state index contributed by atoms with van der Waals surface area (Å²) >= 11 is 7.45. The minimum atomic E-state index is 0.294. The van der Waals surface area contributed by atoms with Crippen molar-refractivity contribution in [2.24, 2.45) is 11.7 Å². The van der Waals surface area contributed by atoms with Crippen molar-refractivity contribution in [2.75, 3.05) is 13.1 Å². The highest BCUT2D eigenvalue weighted by Gasteiger charge is 2.23. The molecule has 0 bridgehead atoms. The van der Waals surface area contributed by atoms with Crippen molar-refractivity contribution >= 4 is 22.9 Å². The fraction of sp³-hybridized carbons (Fsp3) is 0.727. The Hall–Kier alpha value is -0.160. The first kappa shape index (κ1) is 12.3. The van der Waals surface area contributed by atoms with E-state index in [2.05, 4.69) is 16.8 Å².